The third-order valence-corrected chi connectivity index (χ3v) is 5.39. The van der Waals surface area contributed by atoms with Gasteiger partial charge >= 0.3 is 12.1 Å². The van der Waals surface area contributed by atoms with E-state index in [1.807, 2.05) is 0 Å². The molecule has 2 amide bonds. The number of nitrogens with zero attached hydrogens (tertiary/aromatic N) is 3. The van der Waals surface area contributed by atoms with Crippen molar-refractivity contribution in [2.24, 2.45) is 0 Å². The van der Waals surface area contributed by atoms with Crippen molar-refractivity contribution in [2.75, 3.05) is 43.0 Å². The van der Waals surface area contributed by atoms with Crippen LogP contribution in [-0.2, 0) is 19.1 Å². The lowest BCUT2D eigenvalue weighted by molar-refractivity contribution is -0.150. The molecule has 1 fully saturated rings. The van der Waals surface area contributed by atoms with E-state index < -0.39 is 24.0 Å². The van der Waals surface area contributed by atoms with Gasteiger partial charge in [0.2, 0.25) is 0 Å². The first-order chi connectivity index (χ1) is 15.9. The van der Waals surface area contributed by atoms with Gasteiger partial charge < -0.3 is 24.2 Å². The van der Waals surface area contributed by atoms with Crippen LogP contribution in [0.2, 0.25) is 0 Å². The van der Waals surface area contributed by atoms with Crippen molar-refractivity contribution in [2.45, 2.75) is 19.4 Å². The Hall–Kier alpha value is -3.89. The molecule has 4 rings (SSSR count). The van der Waals surface area contributed by atoms with E-state index >= 15 is 0 Å². The van der Waals surface area contributed by atoms with Gasteiger partial charge in [0.25, 0.3) is 5.91 Å². The fourth-order valence-electron chi connectivity index (χ4n) is 3.69. The van der Waals surface area contributed by atoms with Crippen LogP contribution in [0.25, 0.3) is 5.57 Å². The van der Waals surface area contributed by atoms with Crippen molar-refractivity contribution in [1.82, 2.24) is 10.1 Å². The maximum atomic E-state index is 14.9. The van der Waals surface area contributed by atoms with Crippen molar-refractivity contribution >= 4 is 35.0 Å². The van der Waals surface area contributed by atoms with Gasteiger partial charge in [-0.25, -0.2) is 9.18 Å². The van der Waals surface area contributed by atoms with Gasteiger partial charge in [-0.05, 0) is 30.2 Å². The molecule has 2 aliphatic heterocycles. The highest BCUT2D eigenvalue weighted by Crippen LogP contribution is 2.29. The number of amides is 2. The van der Waals surface area contributed by atoms with E-state index in [-0.39, 0.29) is 19.1 Å². The van der Waals surface area contributed by atoms with E-state index in [1.54, 1.807) is 29.2 Å². The fraction of sp³-hybridized carbons (Fsp3) is 0.364. The SMILES string of the molecule is CC(=O)OCC(=O)N1CC=C(c2ccc(N3C[C@H](CNc4ccon4)OC3=O)cc2F)CC1. The van der Waals surface area contributed by atoms with Crippen LogP contribution in [0.15, 0.2) is 41.1 Å². The van der Waals surface area contributed by atoms with Crippen LogP contribution in [0.4, 0.5) is 20.7 Å². The van der Waals surface area contributed by atoms with Crippen LogP contribution < -0.4 is 10.2 Å². The van der Waals surface area contributed by atoms with Crippen LogP contribution >= 0.6 is 0 Å². The molecular weight excluding hydrogens is 435 g/mol. The summed E-state index contributed by atoms with van der Waals surface area (Å²) in [6.07, 6.45) is 2.70. The van der Waals surface area contributed by atoms with Crippen molar-refractivity contribution in [1.29, 1.82) is 0 Å². The molecule has 0 spiro atoms. The summed E-state index contributed by atoms with van der Waals surface area (Å²) in [6.45, 7) is 2.24. The number of carbonyl (C=O) groups excluding carboxylic acids is 3. The Balaban J connectivity index is 1.36. The Morgan fingerprint density at radius 3 is 2.85 bits per heavy atom. The highest BCUT2D eigenvalue weighted by Gasteiger charge is 2.33. The Bertz CT molecular complexity index is 1070. The van der Waals surface area contributed by atoms with Gasteiger partial charge in [-0.2, -0.15) is 0 Å². The van der Waals surface area contributed by atoms with Crippen molar-refractivity contribution in [3.8, 4) is 0 Å². The molecule has 33 heavy (non-hydrogen) atoms. The molecule has 0 radical (unpaired) electrons. The van der Waals surface area contributed by atoms with Crippen LogP contribution in [0, 0.1) is 5.82 Å². The molecule has 0 unspecified atom stereocenters. The average Bonchev–Trinajstić information content (AvgIpc) is 3.45. The highest BCUT2D eigenvalue weighted by molar-refractivity contribution is 5.90. The number of nitrogens with one attached hydrogen (secondary N) is 1. The van der Waals surface area contributed by atoms with Gasteiger partial charge in [0, 0.05) is 31.6 Å². The third-order valence-electron chi connectivity index (χ3n) is 5.39. The fourth-order valence-corrected chi connectivity index (χ4v) is 3.69. The maximum absolute atomic E-state index is 14.9. The zero-order chi connectivity index (χ0) is 23.4. The molecule has 0 bridgehead atoms. The summed E-state index contributed by atoms with van der Waals surface area (Å²) in [4.78, 5) is 38.1. The molecule has 174 valence electrons. The molecule has 1 aromatic carbocycles. The highest BCUT2D eigenvalue weighted by atomic mass is 19.1. The summed E-state index contributed by atoms with van der Waals surface area (Å²) in [5, 5.41) is 6.74. The molecule has 2 aliphatic rings. The molecule has 10 nitrogen and oxygen atoms in total. The predicted molar refractivity (Wildman–Crippen MR) is 115 cm³/mol. The van der Waals surface area contributed by atoms with Gasteiger partial charge in [0.1, 0.15) is 18.2 Å². The number of hydrogen-bond acceptors (Lipinski definition) is 8. The summed E-state index contributed by atoms with van der Waals surface area (Å²) >= 11 is 0. The standard InChI is InChI=1S/C22H23FN4O6/c1-14(28)31-13-21(29)26-7-4-15(5-8-26)18-3-2-16(10-19(18)23)27-12-17(33-22(27)30)11-24-20-6-9-32-25-20/h2-4,6,9-10,17H,5,7-8,11-13H2,1H3,(H,24,25)/t17-/m0/s1. The predicted octanol–water partition coefficient (Wildman–Crippen LogP) is 2.43. The summed E-state index contributed by atoms with van der Waals surface area (Å²) in [6, 6.07) is 6.26. The topological polar surface area (TPSA) is 114 Å². The number of halogens is 1. The number of rotatable bonds is 7. The van der Waals surface area contributed by atoms with E-state index in [1.165, 1.54) is 24.2 Å². The van der Waals surface area contributed by atoms with E-state index in [0.717, 1.165) is 5.57 Å². The molecule has 0 saturated carbocycles. The molecule has 1 aromatic heterocycles. The number of anilines is 2. The second-order valence-electron chi connectivity index (χ2n) is 7.65. The van der Waals surface area contributed by atoms with Crippen LogP contribution in [0.3, 0.4) is 0 Å². The minimum absolute atomic E-state index is 0.268. The first-order valence-electron chi connectivity index (χ1n) is 10.4. The first-order valence-corrected chi connectivity index (χ1v) is 10.4. The zero-order valence-electron chi connectivity index (χ0n) is 18.0. The lowest BCUT2D eigenvalue weighted by Crippen LogP contribution is -2.37. The largest absolute Gasteiger partial charge is 0.456 e. The summed E-state index contributed by atoms with van der Waals surface area (Å²) in [5.74, 6) is -0.739. The van der Waals surface area contributed by atoms with E-state index in [0.29, 0.717) is 43.1 Å². The molecular formula is C22H23FN4O6. The summed E-state index contributed by atoms with van der Waals surface area (Å²) in [5.41, 5.74) is 1.59. The van der Waals surface area contributed by atoms with Gasteiger partial charge in [0.05, 0.1) is 18.8 Å². The minimum Gasteiger partial charge on any atom is -0.456 e. The van der Waals surface area contributed by atoms with Gasteiger partial charge in [-0.3, -0.25) is 14.5 Å². The normalized spacial score (nSPS) is 18.1. The van der Waals surface area contributed by atoms with Crippen LogP contribution in [0.1, 0.15) is 18.9 Å². The van der Waals surface area contributed by atoms with E-state index in [4.69, 9.17) is 14.0 Å². The second kappa shape index (κ2) is 9.72. The summed E-state index contributed by atoms with van der Waals surface area (Å²) < 4.78 is 29.7. The molecule has 0 aliphatic carbocycles. The monoisotopic (exact) mass is 458 g/mol. The van der Waals surface area contributed by atoms with Crippen molar-refractivity contribution in [3.63, 3.8) is 0 Å². The molecule has 11 heteroatoms. The molecule has 1 N–H and O–H groups in total. The number of carbonyl (C=O) groups is 3. The first kappa shape index (κ1) is 22.3. The number of cyclic esters (lactones) is 1. The van der Waals surface area contributed by atoms with Gasteiger partial charge in [-0.15, -0.1) is 0 Å². The maximum Gasteiger partial charge on any atom is 0.414 e. The van der Waals surface area contributed by atoms with E-state index in [9.17, 15) is 18.8 Å². The number of aromatic nitrogens is 1. The van der Waals surface area contributed by atoms with Crippen molar-refractivity contribution in [3.05, 3.63) is 48.0 Å². The summed E-state index contributed by atoms with van der Waals surface area (Å²) in [7, 11) is 0. The molecule has 2 aromatic rings. The van der Waals surface area contributed by atoms with E-state index in [2.05, 4.69) is 10.5 Å². The smallest absolute Gasteiger partial charge is 0.414 e. The van der Waals surface area contributed by atoms with Gasteiger partial charge in [0.15, 0.2) is 12.4 Å². The Morgan fingerprint density at radius 2 is 2.18 bits per heavy atom. The second-order valence-corrected chi connectivity index (χ2v) is 7.65. The molecule has 1 atom stereocenters. The molecule has 1 saturated heterocycles. The quantitative estimate of drug-likeness (QED) is 0.630. The number of hydrogen-bond donors (Lipinski definition) is 1. The van der Waals surface area contributed by atoms with Gasteiger partial charge in [-0.1, -0.05) is 11.2 Å². The number of ether oxygens (including phenoxy) is 2. The Morgan fingerprint density at radius 1 is 1.33 bits per heavy atom. The lowest BCUT2D eigenvalue weighted by atomic mass is 9.98. The minimum atomic E-state index is -0.548. The Labute approximate surface area is 188 Å². The lowest BCUT2D eigenvalue weighted by Gasteiger charge is -2.26. The van der Waals surface area contributed by atoms with Crippen molar-refractivity contribution < 1.29 is 32.8 Å². The average molecular weight is 458 g/mol. The molecule has 3 heterocycles. The third kappa shape index (κ3) is 5.30. The zero-order valence-corrected chi connectivity index (χ0v) is 18.0. The number of esters is 1. The number of benzene rings is 1. The van der Waals surface area contributed by atoms with Crippen LogP contribution in [0.5, 0.6) is 0 Å². The van der Waals surface area contributed by atoms with Crippen LogP contribution in [-0.4, -0.2) is 66.9 Å². The Kier molecular flexibility index (Phi) is 6.57.